The van der Waals surface area contributed by atoms with E-state index in [1.165, 1.54) is 52.1 Å². The van der Waals surface area contributed by atoms with Gasteiger partial charge in [0.05, 0.1) is 0 Å². The molecule has 3 rings (SSSR count). The third-order valence-corrected chi connectivity index (χ3v) is 5.86. The van der Waals surface area contributed by atoms with Crippen LogP contribution in [0.5, 0.6) is 0 Å². The van der Waals surface area contributed by atoms with E-state index in [-0.39, 0.29) is 17.9 Å². The second kappa shape index (κ2) is 7.65. The summed E-state index contributed by atoms with van der Waals surface area (Å²) < 4.78 is 0. The lowest BCUT2D eigenvalue weighted by Crippen LogP contribution is -2.56. The fourth-order valence-corrected chi connectivity index (χ4v) is 4.65. The molecule has 0 aromatic heterocycles. The van der Waals surface area contributed by atoms with Gasteiger partial charge in [-0.2, -0.15) is 0 Å². The van der Waals surface area contributed by atoms with Gasteiger partial charge in [-0.3, -0.25) is 14.5 Å². The summed E-state index contributed by atoms with van der Waals surface area (Å²) in [7, 11) is 0. The highest BCUT2D eigenvalue weighted by Gasteiger charge is 2.37. The Kier molecular flexibility index (Phi) is 5.57. The van der Waals surface area contributed by atoms with E-state index < -0.39 is 0 Å². The molecule has 3 fully saturated rings. The number of amides is 2. The highest BCUT2D eigenvalue weighted by atomic mass is 16.2. The second-order valence-corrected chi connectivity index (χ2v) is 7.55. The molecule has 5 nitrogen and oxygen atoms in total. The molecule has 5 heteroatoms. The summed E-state index contributed by atoms with van der Waals surface area (Å²) in [4.78, 5) is 29.2. The molecule has 23 heavy (non-hydrogen) atoms. The lowest BCUT2D eigenvalue weighted by Gasteiger charge is -2.39. The Morgan fingerprint density at radius 1 is 0.957 bits per heavy atom. The summed E-state index contributed by atoms with van der Waals surface area (Å²) in [6.07, 6.45) is 9.39. The number of likely N-dealkylation sites (tertiary alicyclic amines) is 2. The van der Waals surface area contributed by atoms with Crippen molar-refractivity contribution < 1.29 is 9.59 Å². The van der Waals surface area contributed by atoms with E-state index in [1.807, 2.05) is 4.90 Å². The predicted molar refractivity (Wildman–Crippen MR) is 90.0 cm³/mol. The fourth-order valence-electron chi connectivity index (χ4n) is 4.65. The van der Waals surface area contributed by atoms with Gasteiger partial charge in [-0.1, -0.05) is 12.8 Å². The molecule has 2 saturated heterocycles. The molecule has 3 aliphatic rings. The maximum Gasteiger partial charge on any atom is 0.245 e. The minimum absolute atomic E-state index is 0.0802. The van der Waals surface area contributed by atoms with E-state index in [9.17, 15) is 9.59 Å². The lowest BCUT2D eigenvalue weighted by atomic mass is 9.95. The van der Waals surface area contributed by atoms with Gasteiger partial charge in [0.15, 0.2) is 0 Å². The molecule has 2 atom stereocenters. The Hall–Kier alpha value is -1.10. The topological polar surface area (TPSA) is 52.7 Å². The summed E-state index contributed by atoms with van der Waals surface area (Å²) in [5.74, 6) is 0.415. The maximum absolute atomic E-state index is 13.1. The van der Waals surface area contributed by atoms with Gasteiger partial charge in [0.2, 0.25) is 11.8 Å². The van der Waals surface area contributed by atoms with Crippen LogP contribution in [-0.4, -0.2) is 59.9 Å². The molecular weight excluding hydrogens is 290 g/mol. The molecule has 0 unspecified atom stereocenters. The number of hydrogen-bond donors (Lipinski definition) is 1. The van der Waals surface area contributed by atoms with E-state index in [1.54, 1.807) is 0 Å². The monoisotopic (exact) mass is 321 g/mol. The largest absolute Gasteiger partial charge is 0.344 e. The minimum atomic E-state index is -0.299. The van der Waals surface area contributed by atoms with Gasteiger partial charge in [-0.15, -0.1) is 0 Å². The summed E-state index contributed by atoms with van der Waals surface area (Å²) in [5, 5.41) is 2.96. The fraction of sp³-hybridized carbons (Fsp3) is 0.889. The molecule has 0 radical (unpaired) electrons. The zero-order chi connectivity index (χ0) is 16.2. The first-order valence-corrected chi connectivity index (χ1v) is 9.45. The lowest BCUT2D eigenvalue weighted by molar-refractivity contribution is -0.139. The average Bonchev–Trinajstić information content (AvgIpc) is 3.25. The molecule has 130 valence electrons. The van der Waals surface area contributed by atoms with Crippen molar-refractivity contribution in [3.8, 4) is 0 Å². The Morgan fingerprint density at radius 2 is 1.65 bits per heavy atom. The van der Waals surface area contributed by atoms with Crippen LogP contribution < -0.4 is 5.32 Å². The number of nitrogens with one attached hydrogen (secondary N) is 1. The number of nitrogens with zero attached hydrogens (tertiary/aromatic N) is 2. The maximum atomic E-state index is 13.1. The van der Waals surface area contributed by atoms with E-state index in [0.717, 1.165) is 32.4 Å². The Labute approximate surface area is 139 Å². The normalized spacial score (nSPS) is 28.0. The standard InChI is InChI=1S/C18H31N3O2/c1-14(22)19-17(15-7-2-3-8-15)18(23)21-12-6-9-16(13-21)20-10-4-5-11-20/h15-17H,2-13H2,1H3,(H,19,22)/t16-,17+/m1/s1. The molecular formula is C18H31N3O2. The quantitative estimate of drug-likeness (QED) is 0.858. The van der Waals surface area contributed by atoms with Gasteiger partial charge in [0.1, 0.15) is 6.04 Å². The zero-order valence-corrected chi connectivity index (χ0v) is 14.4. The average molecular weight is 321 g/mol. The summed E-state index contributed by atoms with van der Waals surface area (Å²) >= 11 is 0. The molecule has 0 aromatic rings. The molecule has 0 aromatic carbocycles. The molecule has 0 spiro atoms. The van der Waals surface area contributed by atoms with Crippen molar-refractivity contribution in [2.45, 2.75) is 70.4 Å². The van der Waals surface area contributed by atoms with Crippen molar-refractivity contribution in [1.29, 1.82) is 0 Å². The number of piperidine rings is 1. The summed E-state index contributed by atoms with van der Waals surface area (Å²) in [5.41, 5.74) is 0. The van der Waals surface area contributed by atoms with Crippen LogP contribution in [0.1, 0.15) is 58.3 Å². The van der Waals surface area contributed by atoms with Gasteiger partial charge in [-0.25, -0.2) is 0 Å². The SMILES string of the molecule is CC(=O)N[C@H](C(=O)N1CCC[C@@H](N2CCCC2)C1)C1CCCC1. The highest BCUT2D eigenvalue weighted by Crippen LogP contribution is 2.29. The van der Waals surface area contributed by atoms with Crippen LogP contribution in [0.15, 0.2) is 0 Å². The van der Waals surface area contributed by atoms with Crippen LogP contribution in [-0.2, 0) is 9.59 Å². The van der Waals surface area contributed by atoms with Crippen molar-refractivity contribution in [3.63, 3.8) is 0 Å². The van der Waals surface area contributed by atoms with E-state index >= 15 is 0 Å². The van der Waals surface area contributed by atoms with Gasteiger partial charge in [0, 0.05) is 26.1 Å². The van der Waals surface area contributed by atoms with Gasteiger partial charge < -0.3 is 10.2 Å². The van der Waals surface area contributed by atoms with Crippen LogP contribution in [0, 0.1) is 5.92 Å². The first-order valence-electron chi connectivity index (χ1n) is 9.45. The number of hydrogen-bond acceptors (Lipinski definition) is 3. The minimum Gasteiger partial charge on any atom is -0.344 e. The molecule has 1 N–H and O–H groups in total. The van der Waals surface area contributed by atoms with Crippen molar-refractivity contribution in [2.24, 2.45) is 5.92 Å². The van der Waals surface area contributed by atoms with Gasteiger partial charge >= 0.3 is 0 Å². The number of carbonyl (C=O) groups is 2. The molecule has 2 aliphatic heterocycles. The second-order valence-electron chi connectivity index (χ2n) is 7.55. The van der Waals surface area contributed by atoms with E-state index in [0.29, 0.717) is 12.0 Å². The Morgan fingerprint density at radius 3 is 2.30 bits per heavy atom. The van der Waals surface area contributed by atoms with Crippen LogP contribution in [0.3, 0.4) is 0 Å². The molecule has 1 saturated carbocycles. The summed E-state index contributed by atoms with van der Waals surface area (Å²) in [6, 6.07) is 0.226. The Bertz CT molecular complexity index is 428. The first-order chi connectivity index (χ1) is 11.1. The smallest absolute Gasteiger partial charge is 0.245 e. The van der Waals surface area contributed by atoms with Crippen LogP contribution in [0.25, 0.3) is 0 Å². The molecule has 1 aliphatic carbocycles. The van der Waals surface area contributed by atoms with E-state index in [4.69, 9.17) is 0 Å². The van der Waals surface area contributed by atoms with Crippen LogP contribution in [0.2, 0.25) is 0 Å². The van der Waals surface area contributed by atoms with Crippen LogP contribution >= 0.6 is 0 Å². The van der Waals surface area contributed by atoms with Gasteiger partial charge in [0.25, 0.3) is 0 Å². The predicted octanol–water partition coefficient (Wildman–Crippen LogP) is 1.77. The molecule has 0 bridgehead atoms. The highest BCUT2D eigenvalue weighted by molar-refractivity contribution is 5.87. The van der Waals surface area contributed by atoms with Gasteiger partial charge in [-0.05, 0) is 57.5 Å². The zero-order valence-electron chi connectivity index (χ0n) is 14.4. The van der Waals surface area contributed by atoms with Crippen LogP contribution in [0.4, 0.5) is 0 Å². The number of rotatable bonds is 4. The number of carbonyl (C=O) groups excluding carboxylic acids is 2. The van der Waals surface area contributed by atoms with Crippen molar-refractivity contribution >= 4 is 11.8 Å². The molecule has 2 amide bonds. The summed E-state index contributed by atoms with van der Waals surface area (Å²) in [6.45, 7) is 5.60. The Balaban J connectivity index is 1.64. The third-order valence-electron chi connectivity index (χ3n) is 5.86. The molecule has 2 heterocycles. The van der Waals surface area contributed by atoms with Crippen molar-refractivity contribution in [2.75, 3.05) is 26.2 Å². The van der Waals surface area contributed by atoms with Crippen molar-refractivity contribution in [3.05, 3.63) is 0 Å². The van der Waals surface area contributed by atoms with Crippen molar-refractivity contribution in [1.82, 2.24) is 15.1 Å². The first kappa shape index (κ1) is 16.7. The van der Waals surface area contributed by atoms with E-state index in [2.05, 4.69) is 10.2 Å². The third kappa shape index (κ3) is 4.06.